The Balaban J connectivity index is 1.96. The average Bonchev–Trinajstić information content (AvgIpc) is 3.21. The van der Waals surface area contributed by atoms with Crippen LogP contribution in [0.15, 0.2) is 6.07 Å². The van der Waals surface area contributed by atoms with Crippen molar-refractivity contribution in [2.75, 3.05) is 18.5 Å². The van der Waals surface area contributed by atoms with Crippen LogP contribution in [-0.4, -0.2) is 45.8 Å². The highest BCUT2D eigenvalue weighted by Crippen LogP contribution is 2.38. The van der Waals surface area contributed by atoms with E-state index >= 15 is 0 Å². The number of fused-ring (bicyclic) bond motifs is 1. The number of ether oxygens (including phenoxy) is 1. The predicted molar refractivity (Wildman–Crippen MR) is 115 cm³/mol. The van der Waals surface area contributed by atoms with Gasteiger partial charge in [-0.15, -0.1) is 11.3 Å². The molecule has 0 saturated heterocycles. The van der Waals surface area contributed by atoms with Gasteiger partial charge in [-0.3, -0.25) is 14.4 Å². The van der Waals surface area contributed by atoms with Crippen LogP contribution in [0.2, 0.25) is 0 Å². The Morgan fingerprint density at radius 2 is 2.00 bits per heavy atom. The zero-order valence-electron chi connectivity index (χ0n) is 18.0. The molecule has 158 valence electrons. The van der Waals surface area contributed by atoms with E-state index in [0.717, 1.165) is 35.6 Å². The van der Waals surface area contributed by atoms with Gasteiger partial charge in [-0.25, -0.2) is 4.79 Å². The lowest BCUT2D eigenvalue weighted by Crippen LogP contribution is -2.35. The van der Waals surface area contributed by atoms with E-state index in [4.69, 9.17) is 4.74 Å². The van der Waals surface area contributed by atoms with Gasteiger partial charge in [0.25, 0.3) is 5.91 Å². The number of esters is 1. The molecule has 0 atom stereocenters. The molecule has 3 rings (SSSR count). The molecule has 0 aromatic carbocycles. The lowest BCUT2D eigenvalue weighted by atomic mass is 10.0. The van der Waals surface area contributed by atoms with E-state index in [9.17, 15) is 9.59 Å². The van der Waals surface area contributed by atoms with Crippen molar-refractivity contribution in [2.45, 2.75) is 66.6 Å². The van der Waals surface area contributed by atoms with Crippen LogP contribution in [0.5, 0.6) is 0 Å². The summed E-state index contributed by atoms with van der Waals surface area (Å²) in [5.74, 6) is -0.629. The summed E-state index contributed by atoms with van der Waals surface area (Å²) in [6.45, 7) is 13.9. The van der Waals surface area contributed by atoms with E-state index < -0.39 is 0 Å². The summed E-state index contributed by atoms with van der Waals surface area (Å²) >= 11 is 1.48. The van der Waals surface area contributed by atoms with Gasteiger partial charge in [0, 0.05) is 30.1 Å². The normalized spacial score (nSPS) is 14.3. The summed E-state index contributed by atoms with van der Waals surface area (Å²) < 4.78 is 7.02. The molecule has 3 heterocycles. The van der Waals surface area contributed by atoms with Crippen molar-refractivity contribution in [3.05, 3.63) is 33.5 Å². The van der Waals surface area contributed by atoms with Gasteiger partial charge in [-0.2, -0.15) is 5.10 Å². The standard InChI is InChI=1S/C21H30N4O3S/c1-7-28-21(27)18-15-8-9-24(12(2)3)11-17(15)29-20(18)22-19(26)16-10-14(6)23-25(16)13(4)5/h10,12-13H,7-9,11H2,1-6H3,(H,22,26). The van der Waals surface area contributed by atoms with E-state index in [1.165, 1.54) is 11.3 Å². The molecule has 0 unspecified atom stereocenters. The highest BCUT2D eigenvalue weighted by molar-refractivity contribution is 7.17. The van der Waals surface area contributed by atoms with Crippen LogP contribution in [0.4, 0.5) is 5.00 Å². The molecule has 0 radical (unpaired) electrons. The molecule has 0 bridgehead atoms. The molecule has 1 aliphatic rings. The Bertz CT molecular complexity index is 913. The van der Waals surface area contributed by atoms with Crippen LogP contribution >= 0.6 is 11.3 Å². The molecular weight excluding hydrogens is 388 g/mol. The fourth-order valence-electron chi connectivity index (χ4n) is 3.62. The molecule has 1 aliphatic heterocycles. The summed E-state index contributed by atoms with van der Waals surface area (Å²) in [4.78, 5) is 29.2. The van der Waals surface area contributed by atoms with Gasteiger partial charge < -0.3 is 10.1 Å². The zero-order chi connectivity index (χ0) is 21.3. The monoisotopic (exact) mass is 418 g/mol. The average molecular weight is 419 g/mol. The van der Waals surface area contributed by atoms with Crippen LogP contribution in [0.3, 0.4) is 0 Å². The molecule has 7 nitrogen and oxygen atoms in total. The van der Waals surface area contributed by atoms with Gasteiger partial charge in [-0.05, 0) is 59.6 Å². The number of aryl methyl sites for hydroxylation is 1. The molecule has 2 aromatic heterocycles. The quantitative estimate of drug-likeness (QED) is 0.717. The smallest absolute Gasteiger partial charge is 0.341 e. The van der Waals surface area contributed by atoms with Gasteiger partial charge in [0.05, 0.1) is 17.9 Å². The number of carbonyl (C=O) groups excluding carboxylic acids is 2. The van der Waals surface area contributed by atoms with Gasteiger partial charge in [0.2, 0.25) is 0 Å². The number of nitrogens with one attached hydrogen (secondary N) is 1. The zero-order valence-corrected chi connectivity index (χ0v) is 18.9. The van der Waals surface area contributed by atoms with Gasteiger partial charge in [-0.1, -0.05) is 0 Å². The van der Waals surface area contributed by atoms with Crippen molar-refractivity contribution in [3.8, 4) is 0 Å². The third-order valence-corrected chi connectivity index (χ3v) is 6.24. The second-order valence-electron chi connectivity index (χ2n) is 7.91. The van der Waals surface area contributed by atoms with Crippen molar-refractivity contribution in [1.82, 2.24) is 14.7 Å². The Kier molecular flexibility index (Phi) is 6.43. The largest absolute Gasteiger partial charge is 0.462 e. The van der Waals surface area contributed by atoms with Crippen molar-refractivity contribution in [2.24, 2.45) is 0 Å². The highest BCUT2D eigenvalue weighted by Gasteiger charge is 2.30. The fraction of sp³-hybridized carbons (Fsp3) is 0.571. The van der Waals surface area contributed by atoms with Crippen LogP contribution in [0.1, 0.15) is 77.6 Å². The van der Waals surface area contributed by atoms with Crippen LogP contribution in [-0.2, 0) is 17.7 Å². The maximum absolute atomic E-state index is 13.0. The first kappa shape index (κ1) is 21.5. The minimum atomic E-state index is -0.369. The minimum Gasteiger partial charge on any atom is -0.462 e. The summed E-state index contributed by atoms with van der Waals surface area (Å²) in [5.41, 5.74) is 2.79. The molecule has 0 spiro atoms. The lowest BCUT2D eigenvalue weighted by Gasteiger charge is -2.30. The topological polar surface area (TPSA) is 76.5 Å². The van der Waals surface area contributed by atoms with Crippen molar-refractivity contribution >= 4 is 28.2 Å². The SMILES string of the molecule is CCOC(=O)c1c(NC(=O)c2cc(C)nn2C(C)C)sc2c1CCN(C(C)C)C2. The number of nitrogens with zero attached hydrogens (tertiary/aromatic N) is 3. The first-order valence-corrected chi connectivity index (χ1v) is 11.0. The number of thiophene rings is 1. The molecule has 0 aliphatic carbocycles. The highest BCUT2D eigenvalue weighted by atomic mass is 32.1. The maximum Gasteiger partial charge on any atom is 0.341 e. The van der Waals surface area contributed by atoms with E-state index in [-0.39, 0.29) is 17.9 Å². The van der Waals surface area contributed by atoms with E-state index in [1.54, 1.807) is 17.7 Å². The molecule has 2 aromatic rings. The fourth-order valence-corrected chi connectivity index (χ4v) is 4.87. The van der Waals surface area contributed by atoms with Gasteiger partial charge in [0.15, 0.2) is 0 Å². The Labute approximate surface area is 176 Å². The Morgan fingerprint density at radius 3 is 2.62 bits per heavy atom. The second-order valence-corrected chi connectivity index (χ2v) is 9.01. The number of hydrogen-bond donors (Lipinski definition) is 1. The van der Waals surface area contributed by atoms with Crippen molar-refractivity contribution in [3.63, 3.8) is 0 Å². The van der Waals surface area contributed by atoms with Crippen LogP contribution in [0, 0.1) is 6.92 Å². The Hall–Kier alpha value is -2.19. The summed E-state index contributed by atoms with van der Waals surface area (Å²) in [6, 6.07) is 2.26. The number of carbonyl (C=O) groups is 2. The molecule has 0 fully saturated rings. The number of amides is 1. The summed E-state index contributed by atoms with van der Waals surface area (Å²) in [6.07, 6.45) is 0.775. The van der Waals surface area contributed by atoms with E-state index in [1.807, 2.05) is 20.8 Å². The molecule has 1 amide bonds. The molecule has 8 heteroatoms. The third-order valence-electron chi connectivity index (χ3n) is 5.10. The van der Waals surface area contributed by atoms with Crippen molar-refractivity contribution in [1.29, 1.82) is 0 Å². The molecule has 1 N–H and O–H groups in total. The summed E-state index contributed by atoms with van der Waals surface area (Å²) in [5, 5.41) is 7.96. The molecular formula is C21H30N4O3S. The first-order chi connectivity index (χ1) is 13.7. The van der Waals surface area contributed by atoms with Crippen LogP contribution < -0.4 is 5.32 Å². The van der Waals surface area contributed by atoms with Crippen LogP contribution in [0.25, 0.3) is 0 Å². The van der Waals surface area contributed by atoms with Crippen molar-refractivity contribution < 1.29 is 14.3 Å². The van der Waals surface area contributed by atoms with Gasteiger partial charge >= 0.3 is 5.97 Å². The third kappa shape index (κ3) is 4.38. The second kappa shape index (κ2) is 8.67. The number of hydrogen-bond acceptors (Lipinski definition) is 6. The number of aromatic nitrogens is 2. The Morgan fingerprint density at radius 1 is 1.28 bits per heavy atom. The number of anilines is 1. The first-order valence-electron chi connectivity index (χ1n) is 10.2. The van der Waals surface area contributed by atoms with Gasteiger partial charge in [0.1, 0.15) is 10.7 Å². The predicted octanol–water partition coefficient (Wildman–Crippen LogP) is 4.03. The molecule has 29 heavy (non-hydrogen) atoms. The number of rotatable bonds is 6. The minimum absolute atomic E-state index is 0.0603. The maximum atomic E-state index is 13.0. The van der Waals surface area contributed by atoms with E-state index in [2.05, 4.69) is 29.2 Å². The summed E-state index contributed by atoms with van der Waals surface area (Å²) in [7, 11) is 0. The van der Waals surface area contributed by atoms with E-state index in [0.29, 0.717) is 28.9 Å². The lowest BCUT2D eigenvalue weighted by molar-refractivity contribution is 0.0526. The molecule has 0 saturated carbocycles.